The molecule has 0 aliphatic carbocycles. The van der Waals surface area contributed by atoms with Crippen LogP contribution in [0.15, 0.2) is 36.7 Å². The van der Waals surface area contributed by atoms with Crippen molar-refractivity contribution in [2.45, 2.75) is 26.2 Å². The molecular formula is C20H21N5O3. The average molecular weight is 379 g/mol. The third-order valence-corrected chi connectivity index (χ3v) is 4.85. The number of nitrogens with one attached hydrogen (secondary N) is 1. The van der Waals surface area contributed by atoms with Crippen LogP contribution in [0.25, 0.3) is 5.65 Å². The second kappa shape index (κ2) is 7.30. The Bertz CT molecular complexity index is 1060. The minimum absolute atomic E-state index is 0.0655. The fourth-order valence-corrected chi connectivity index (χ4v) is 3.50. The lowest BCUT2D eigenvalue weighted by Gasteiger charge is -2.28. The van der Waals surface area contributed by atoms with Crippen LogP contribution >= 0.6 is 0 Å². The van der Waals surface area contributed by atoms with E-state index in [0.29, 0.717) is 47.0 Å². The molecule has 0 radical (unpaired) electrons. The zero-order valence-electron chi connectivity index (χ0n) is 15.8. The van der Waals surface area contributed by atoms with Crippen molar-refractivity contribution in [1.82, 2.24) is 14.6 Å². The number of carbonyl (C=O) groups excluding carboxylic acids is 2. The standard InChI is InChI=1S/C20H21N5O3/c1-13-18(19-21-9-5-11-25(19)23-13)20(27)22-14-7-8-16(28-2)15(12-14)24-10-4-3-6-17(24)26/h5,7-9,11-12H,3-4,6,10H2,1-2H3,(H,22,27). The average Bonchev–Trinajstić information content (AvgIpc) is 3.04. The number of anilines is 2. The highest BCUT2D eigenvalue weighted by Crippen LogP contribution is 2.34. The minimum Gasteiger partial charge on any atom is -0.495 e. The molecule has 3 heterocycles. The van der Waals surface area contributed by atoms with Crippen LogP contribution < -0.4 is 15.0 Å². The van der Waals surface area contributed by atoms with Crippen LogP contribution in [0, 0.1) is 6.92 Å². The largest absolute Gasteiger partial charge is 0.495 e. The maximum Gasteiger partial charge on any atom is 0.261 e. The third kappa shape index (κ3) is 3.17. The molecule has 0 atom stereocenters. The molecule has 4 rings (SSSR count). The van der Waals surface area contributed by atoms with Crippen LogP contribution in [0.2, 0.25) is 0 Å². The summed E-state index contributed by atoms with van der Waals surface area (Å²) in [6, 6.07) is 7.04. The Morgan fingerprint density at radius 2 is 2.14 bits per heavy atom. The Balaban J connectivity index is 1.66. The summed E-state index contributed by atoms with van der Waals surface area (Å²) in [4.78, 5) is 31.2. The minimum atomic E-state index is -0.299. The monoisotopic (exact) mass is 379 g/mol. The molecule has 1 aliphatic heterocycles. The van der Waals surface area contributed by atoms with Crippen LogP contribution in [0.3, 0.4) is 0 Å². The quantitative estimate of drug-likeness (QED) is 0.753. The van der Waals surface area contributed by atoms with E-state index in [9.17, 15) is 9.59 Å². The number of piperidine rings is 1. The van der Waals surface area contributed by atoms with Crippen LogP contribution in [-0.4, -0.2) is 40.1 Å². The number of ether oxygens (including phenoxy) is 1. The van der Waals surface area contributed by atoms with Gasteiger partial charge in [0.05, 0.1) is 18.5 Å². The van der Waals surface area contributed by atoms with Crippen LogP contribution in [0.1, 0.15) is 35.3 Å². The first kappa shape index (κ1) is 18.0. The molecule has 0 saturated carbocycles. The van der Waals surface area contributed by atoms with E-state index in [4.69, 9.17) is 4.74 Å². The van der Waals surface area contributed by atoms with Crippen molar-refractivity contribution in [1.29, 1.82) is 0 Å². The van der Waals surface area contributed by atoms with Crippen LogP contribution in [-0.2, 0) is 4.79 Å². The summed E-state index contributed by atoms with van der Waals surface area (Å²) in [5.41, 5.74) is 2.76. The lowest BCUT2D eigenvalue weighted by molar-refractivity contribution is -0.119. The smallest absolute Gasteiger partial charge is 0.261 e. The lowest BCUT2D eigenvalue weighted by atomic mass is 10.1. The molecule has 1 N–H and O–H groups in total. The number of amides is 2. The van der Waals surface area contributed by atoms with Gasteiger partial charge in [-0.25, -0.2) is 9.50 Å². The molecule has 0 unspecified atom stereocenters. The normalized spacial score (nSPS) is 14.4. The first-order chi connectivity index (χ1) is 13.6. The SMILES string of the molecule is COc1ccc(NC(=O)c2c(C)nn3cccnc23)cc1N1CCCCC1=O. The number of nitrogens with zero attached hydrogens (tertiary/aromatic N) is 4. The fourth-order valence-electron chi connectivity index (χ4n) is 3.50. The molecule has 3 aromatic rings. The van der Waals surface area contributed by atoms with E-state index in [1.807, 2.05) is 0 Å². The van der Waals surface area contributed by atoms with E-state index < -0.39 is 0 Å². The molecule has 1 aliphatic rings. The molecular weight excluding hydrogens is 358 g/mol. The van der Waals surface area contributed by atoms with Gasteiger partial charge in [0.1, 0.15) is 11.3 Å². The molecule has 28 heavy (non-hydrogen) atoms. The summed E-state index contributed by atoms with van der Waals surface area (Å²) in [7, 11) is 1.57. The second-order valence-corrected chi connectivity index (χ2v) is 6.69. The van der Waals surface area contributed by atoms with Crippen molar-refractivity contribution in [2.24, 2.45) is 0 Å². The Kier molecular flexibility index (Phi) is 4.68. The summed E-state index contributed by atoms with van der Waals surface area (Å²) in [5, 5.41) is 7.22. The fraction of sp³-hybridized carbons (Fsp3) is 0.300. The number of hydrogen-bond acceptors (Lipinski definition) is 5. The predicted molar refractivity (Wildman–Crippen MR) is 105 cm³/mol. The summed E-state index contributed by atoms with van der Waals surface area (Å²) < 4.78 is 7.01. The van der Waals surface area contributed by atoms with Crippen molar-refractivity contribution in [3.8, 4) is 5.75 Å². The number of carbonyl (C=O) groups is 2. The van der Waals surface area contributed by atoms with Crippen LogP contribution in [0.4, 0.5) is 11.4 Å². The molecule has 0 bridgehead atoms. The highest BCUT2D eigenvalue weighted by molar-refractivity contribution is 6.09. The van der Waals surface area contributed by atoms with Gasteiger partial charge in [-0.15, -0.1) is 0 Å². The maximum atomic E-state index is 12.9. The lowest BCUT2D eigenvalue weighted by Crippen LogP contribution is -2.35. The Labute approximate surface area is 162 Å². The van der Waals surface area contributed by atoms with Gasteiger partial charge in [0, 0.05) is 31.0 Å². The summed E-state index contributed by atoms with van der Waals surface area (Å²) in [5.74, 6) is 0.366. The van der Waals surface area contributed by atoms with Crippen LogP contribution in [0.5, 0.6) is 5.75 Å². The molecule has 8 heteroatoms. The first-order valence-corrected chi connectivity index (χ1v) is 9.18. The van der Waals surface area contributed by atoms with E-state index in [1.54, 1.807) is 60.1 Å². The molecule has 0 spiro atoms. The molecule has 1 fully saturated rings. The third-order valence-electron chi connectivity index (χ3n) is 4.85. The van der Waals surface area contributed by atoms with Gasteiger partial charge < -0.3 is 15.0 Å². The maximum absolute atomic E-state index is 12.9. The van der Waals surface area contributed by atoms with E-state index >= 15 is 0 Å². The van der Waals surface area contributed by atoms with E-state index in [1.165, 1.54) is 0 Å². The summed E-state index contributed by atoms with van der Waals surface area (Å²) >= 11 is 0. The molecule has 8 nitrogen and oxygen atoms in total. The zero-order chi connectivity index (χ0) is 19.7. The number of hydrogen-bond donors (Lipinski definition) is 1. The van der Waals surface area contributed by atoms with Crippen molar-refractivity contribution in [2.75, 3.05) is 23.9 Å². The number of fused-ring (bicyclic) bond motifs is 1. The van der Waals surface area contributed by atoms with E-state index in [2.05, 4.69) is 15.4 Å². The summed E-state index contributed by atoms with van der Waals surface area (Å²) in [6.45, 7) is 2.42. The van der Waals surface area contributed by atoms with Gasteiger partial charge in [-0.1, -0.05) is 0 Å². The molecule has 2 aromatic heterocycles. The molecule has 1 aromatic carbocycles. The predicted octanol–water partition coefficient (Wildman–Crippen LogP) is 2.82. The highest BCUT2D eigenvalue weighted by Gasteiger charge is 2.24. The molecule has 2 amide bonds. The van der Waals surface area contributed by atoms with E-state index in [0.717, 1.165) is 12.8 Å². The zero-order valence-corrected chi connectivity index (χ0v) is 15.8. The molecule has 1 saturated heterocycles. The number of benzene rings is 1. The van der Waals surface area contributed by atoms with Gasteiger partial charge in [-0.3, -0.25) is 9.59 Å². The van der Waals surface area contributed by atoms with Gasteiger partial charge in [0.15, 0.2) is 5.65 Å². The number of aryl methyl sites for hydroxylation is 1. The Morgan fingerprint density at radius 3 is 2.93 bits per heavy atom. The van der Waals surface area contributed by atoms with Gasteiger partial charge in [0.2, 0.25) is 5.91 Å². The van der Waals surface area contributed by atoms with Gasteiger partial charge in [-0.05, 0) is 44.0 Å². The van der Waals surface area contributed by atoms with Gasteiger partial charge in [0.25, 0.3) is 5.91 Å². The van der Waals surface area contributed by atoms with E-state index in [-0.39, 0.29) is 11.8 Å². The highest BCUT2D eigenvalue weighted by atomic mass is 16.5. The Hall–Kier alpha value is -3.42. The van der Waals surface area contributed by atoms with Gasteiger partial charge in [-0.2, -0.15) is 5.10 Å². The number of aromatic nitrogens is 3. The van der Waals surface area contributed by atoms with Gasteiger partial charge >= 0.3 is 0 Å². The molecule has 144 valence electrons. The van der Waals surface area contributed by atoms with Crippen molar-refractivity contribution >= 4 is 28.8 Å². The number of methoxy groups -OCH3 is 1. The first-order valence-electron chi connectivity index (χ1n) is 9.18. The number of rotatable bonds is 4. The van der Waals surface area contributed by atoms with Crippen molar-refractivity contribution in [3.05, 3.63) is 47.9 Å². The second-order valence-electron chi connectivity index (χ2n) is 6.69. The van der Waals surface area contributed by atoms with Crippen molar-refractivity contribution < 1.29 is 14.3 Å². The summed E-state index contributed by atoms with van der Waals surface area (Å²) in [6.07, 6.45) is 5.74. The Morgan fingerprint density at radius 1 is 1.29 bits per heavy atom. The van der Waals surface area contributed by atoms with Crippen molar-refractivity contribution in [3.63, 3.8) is 0 Å². The topological polar surface area (TPSA) is 88.8 Å².